The first kappa shape index (κ1) is 20.4. The van der Waals surface area contributed by atoms with E-state index in [1.54, 1.807) is 6.92 Å². The Morgan fingerprint density at radius 1 is 1.17 bits per heavy atom. The van der Waals surface area contributed by atoms with E-state index in [0.29, 0.717) is 12.8 Å². The Morgan fingerprint density at radius 2 is 1.65 bits per heavy atom. The second kappa shape index (κ2) is 7.98. The van der Waals surface area contributed by atoms with Gasteiger partial charge in [0.1, 0.15) is 17.1 Å². The van der Waals surface area contributed by atoms with E-state index in [1.807, 2.05) is 50.3 Å². The van der Waals surface area contributed by atoms with Crippen molar-refractivity contribution < 1.29 is 24.3 Å². The number of carbonyl (C=O) groups excluding carboxylic acids is 2. The lowest BCUT2D eigenvalue weighted by molar-refractivity contribution is -0.289. The number of hydroxylamine groups is 2. The molecule has 1 amide bonds. The predicted octanol–water partition coefficient (Wildman–Crippen LogP) is 2.45. The summed E-state index contributed by atoms with van der Waals surface area (Å²) in [6.07, 6.45) is 0.548. The van der Waals surface area contributed by atoms with Gasteiger partial charge in [0.2, 0.25) is 0 Å². The van der Waals surface area contributed by atoms with E-state index in [-0.39, 0.29) is 29.1 Å². The summed E-state index contributed by atoms with van der Waals surface area (Å²) in [5.41, 5.74) is -1.10. The quantitative estimate of drug-likeness (QED) is 0.307. The highest BCUT2D eigenvalue weighted by molar-refractivity contribution is 14.1. The maximum Gasteiger partial charge on any atom is 0.407 e. The maximum absolute atomic E-state index is 12.3. The van der Waals surface area contributed by atoms with Crippen molar-refractivity contribution in [1.29, 1.82) is 0 Å². The zero-order chi connectivity index (χ0) is 17.8. The highest BCUT2D eigenvalue weighted by Crippen LogP contribution is 2.36. The van der Waals surface area contributed by atoms with Crippen LogP contribution in [0.2, 0.25) is 0 Å². The van der Waals surface area contributed by atoms with Crippen molar-refractivity contribution in [2.75, 3.05) is 13.2 Å². The van der Waals surface area contributed by atoms with Gasteiger partial charge in [-0.3, -0.25) is 4.79 Å². The summed E-state index contributed by atoms with van der Waals surface area (Å²) >= 11 is 1.95. The molecule has 0 aromatic heterocycles. The molecule has 1 radical (unpaired) electrons. The van der Waals surface area contributed by atoms with Crippen LogP contribution in [0, 0.1) is 0 Å². The first-order valence-electron chi connectivity index (χ1n) is 7.67. The molecule has 1 aliphatic rings. The van der Waals surface area contributed by atoms with Crippen LogP contribution in [-0.2, 0) is 19.5 Å². The highest BCUT2D eigenvalue weighted by atomic mass is 127. The minimum atomic E-state index is -0.556. The molecule has 0 bridgehead atoms. The molecule has 0 saturated carbocycles. The average molecular weight is 441 g/mol. The van der Waals surface area contributed by atoms with Crippen LogP contribution in [0.25, 0.3) is 0 Å². The number of nitrogens with zero attached hydrogens (tertiary/aromatic N) is 1. The second-order valence-electron chi connectivity index (χ2n) is 7.09. The Morgan fingerprint density at radius 3 is 2.13 bits per heavy atom. The average Bonchev–Trinajstić information content (AvgIpc) is 2.39. The first-order chi connectivity index (χ1) is 10.5. The van der Waals surface area contributed by atoms with Crippen LogP contribution in [0.3, 0.4) is 0 Å². The van der Waals surface area contributed by atoms with Crippen molar-refractivity contribution in [3.63, 3.8) is 0 Å². The molecule has 1 heterocycles. The fourth-order valence-electron chi connectivity index (χ4n) is 2.97. The normalized spacial score (nSPS) is 22.2. The number of hydrogen-bond donors (Lipinski definition) is 1. The van der Waals surface area contributed by atoms with Crippen LogP contribution in [0.5, 0.6) is 0 Å². The van der Waals surface area contributed by atoms with Gasteiger partial charge in [-0.1, -0.05) is 22.6 Å². The van der Waals surface area contributed by atoms with Crippen molar-refractivity contribution in [2.24, 2.45) is 0 Å². The summed E-state index contributed by atoms with van der Waals surface area (Å²) in [5, 5.41) is 16.2. The number of ether oxygens (including phenoxy) is 2. The Labute approximate surface area is 151 Å². The number of esters is 1. The topological polar surface area (TPSA) is 87.8 Å². The third-order valence-corrected chi connectivity index (χ3v) is 4.31. The largest absolute Gasteiger partial charge is 0.461 e. The SMILES string of the molecule is CC(I)C(=O)OCCOC(=O)NC1CC(C)(C)N([O])C(C)(C)C1. The monoisotopic (exact) mass is 441 g/mol. The Kier molecular flexibility index (Phi) is 7.09. The number of piperidine rings is 1. The van der Waals surface area contributed by atoms with Crippen LogP contribution in [0.4, 0.5) is 4.79 Å². The number of amides is 1. The van der Waals surface area contributed by atoms with Gasteiger partial charge in [-0.05, 0) is 47.5 Å². The van der Waals surface area contributed by atoms with E-state index in [2.05, 4.69) is 5.32 Å². The summed E-state index contributed by atoms with van der Waals surface area (Å²) in [6, 6.07) is -0.130. The molecule has 1 atom stereocenters. The summed E-state index contributed by atoms with van der Waals surface area (Å²) in [7, 11) is 0. The molecule has 8 heteroatoms. The third kappa shape index (κ3) is 6.07. The molecule has 1 saturated heterocycles. The number of alkyl halides is 1. The van der Waals surface area contributed by atoms with Crippen molar-refractivity contribution in [1.82, 2.24) is 10.4 Å². The molecule has 1 N–H and O–H groups in total. The van der Waals surface area contributed by atoms with E-state index in [1.165, 1.54) is 0 Å². The molecule has 0 aromatic rings. The lowest BCUT2D eigenvalue weighted by Gasteiger charge is -2.49. The second-order valence-corrected chi connectivity index (χ2v) is 8.96. The zero-order valence-corrected chi connectivity index (χ0v) is 16.5. The van der Waals surface area contributed by atoms with Gasteiger partial charge in [-0.15, -0.1) is 10.3 Å². The number of halogens is 1. The molecule has 133 valence electrons. The van der Waals surface area contributed by atoms with Crippen LogP contribution < -0.4 is 5.32 Å². The van der Waals surface area contributed by atoms with Gasteiger partial charge >= 0.3 is 12.1 Å². The standard InChI is InChI=1S/C15H26IN2O5/c1-10(16)12(19)22-6-7-23-13(20)17-11-8-14(2,3)18(21)15(4,5)9-11/h10-11H,6-9H2,1-5H3,(H,17,20). The summed E-state index contributed by atoms with van der Waals surface area (Å²) in [4.78, 5) is 23.1. The van der Waals surface area contributed by atoms with Crippen LogP contribution >= 0.6 is 22.6 Å². The van der Waals surface area contributed by atoms with E-state index < -0.39 is 17.2 Å². The van der Waals surface area contributed by atoms with E-state index >= 15 is 0 Å². The fraction of sp³-hybridized carbons (Fsp3) is 0.867. The van der Waals surface area contributed by atoms with Crippen LogP contribution in [-0.4, -0.2) is 51.4 Å². The van der Waals surface area contributed by atoms with Crippen LogP contribution in [0.1, 0.15) is 47.5 Å². The lowest BCUT2D eigenvalue weighted by atomic mass is 9.79. The predicted molar refractivity (Wildman–Crippen MR) is 92.6 cm³/mol. The van der Waals surface area contributed by atoms with Crippen molar-refractivity contribution in [3.8, 4) is 0 Å². The molecule has 0 aromatic carbocycles. The lowest BCUT2D eigenvalue weighted by Crippen LogP contribution is -2.62. The maximum atomic E-state index is 12.3. The summed E-state index contributed by atoms with van der Waals surface area (Å²) in [5.74, 6) is -0.332. The smallest absolute Gasteiger partial charge is 0.407 e. The molecule has 7 nitrogen and oxygen atoms in total. The number of carbonyl (C=O) groups is 2. The van der Waals surface area contributed by atoms with Crippen molar-refractivity contribution in [3.05, 3.63) is 0 Å². The molecule has 1 aliphatic heterocycles. The zero-order valence-electron chi connectivity index (χ0n) is 14.3. The number of hydrogen-bond acceptors (Lipinski definition) is 5. The fourth-order valence-corrected chi connectivity index (χ4v) is 3.14. The van der Waals surface area contributed by atoms with Gasteiger partial charge in [-0.25, -0.2) is 4.79 Å². The number of alkyl carbamates (subject to hydrolysis) is 1. The number of rotatable bonds is 5. The molecule has 0 spiro atoms. The molecule has 1 unspecified atom stereocenters. The molecular formula is C15H26IN2O5. The highest BCUT2D eigenvalue weighted by Gasteiger charge is 2.46. The first-order valence-corrected chi connectivity index (χ1v) is 8.92. The van der Waals surface area contributed by atoms with Gasteiger partial charge < -0.3 is 14.8 Å². The van der Waals surface area contributed by atoms with Gasteiger partial charge in [0, 0.05) is 17.1 Å². The van der Waals surface area contributed by atoms with Gasteiger partial charge in [0.05, 0.1) is 0 Å². The number of nitrogens with one attached hydrogen (secondary N) is 1. The van der Waals surface area contributed by atoms with Gasteiger partial charge in [0.25, 0.3) is 0 Å². The van der Waals surface area contributed by atoms with E-state index in [0.717, 1.165) is 5.06 Å². The Hall–Kier alpha value is -0.610. The molecule has 1 fully saturated rings. The van der Waals surface area contributed by atoms with Crippen molar-refractivity contribution in [2.45, 2.75) is 68.5 Å². The third-order valence-electron chi connectivity index (χ3n) is 3.80. The minimum absolute atomic E-state index is 0.00806. The minimum Gasteiger partial charge on any atom is -0.461 e. The molecular weight excluding hydrogens is 415 g/mol. The van der Waals surface area contributed by atoms with Crippen molar-refractivity contribution >= 4 is 34.7 Å². The van der Waals surface area contributed by atoms with E-state index in [9.17, 15) is 14.8 Å². The molecule has 0 aliphatic carbocycles. The van der Waals surface area contributed by atoms with Crippen LogP contribution in [0.15, 0.2) is 0 Å². The summed E-state index contributed by atoms with van der Waals surface area (Å²) < 4.78 is 9.71. The summed E-state index contributed by atoms with van der Waals surface area (Å²) in [6.45, 7) is 9.24. The Bertz CT molecular complexity index is 422. The molecule has 23 heavy (non-hydrogen) atoms. The Balaban J connectivity index is 2.38. The van der Waals surface area contributed by atoms with Gasteiger partial charge in [0.15, 0.2) is 0 Å². The molecule has 1 rings (SSSR count). The van der Waals surface area contributed by atoms with Gasteiger partial charge in [-0.2, -0.15) is 0 Å². The van der Waals surface area contributed by atoms with E-state index in [4.69, 9.17) is 9.47 Å².